The Kier molecular flexibility index (Phi) is 3.88. The van der Waals surface area contributed by atoms with Crippen molar-refractivity contribution in [1.29, 1.82) is 0 Å². The van der Waals surface area contributed by atoms with Crippen molar-refractivity contribution in [1.82, 2.24) is 0 Å². The summed E-state index contributed by atoms with van der Waals surface area (Å²) in [6.07, 6.45) is 0. The minimum atomic E-state index is -0.172. The van der Waals surface area contributed by atoms with Crippen molar-refractivity contribution in [3.8, 4) is 11.1 Å². The van der Waals surface area contributed by atoms with E-state index in [1.807, 2.05) is 36.4 Å². The Balaban J connectivity index is 0.000000980. The van der Waals surface area contributed by atoms with Crippen LogP contribution in [0.2, 0.25) is 0 Å². The van der Waals surface area contributed by atoms with Gasteiger partial charge in [-0.05, 0) is 11.6 Å². The molecule has 2 heteroatoms. The summed E-state index contributed by atoms with van der Waals surface area (Å²) in [7, 11) is 0. The molecule has 14 heavy (non-hydrogen) atoms. The van der Waals surface area contributed by atoms with Crippen LogP contribution in [0.1, 0.15) is 0 Å². The Hall–Kier alpha value is -1.10. The molecule has 0 unspecified atom stereocenters. The zero-order valence-electron chi connectivity index (χ0n) is 7.07. The maximum atomic E-state index is 13.3. The fourth-order valence-corrected chi connectivity index (χ4v) is 1.31. The monoisotopic (exact) mass is 202 g/mol. The van der Waals surface area contributed by atoms with Gasteiger partial charge in [0, 0.05) is 5.56 Å². The summed E-state index contributed by atoms with van der Waals surface area (Å²) in [5.41, 5.74) is 1.57. The van der Waals surface area contributed by atoms with Crippen LogP contribution in [0.5, 0.6) is 0 Å². The van der Waals surface area contributed by atoms with Crippen molar-refractivity contribution in [2.45, 2.75) is 0 Å². The van der Waals surface area contributed by atoms with Gasteiger partial charge in [-0.1, -0.05) is 48.5 Å². The van der Waals surface area contributed by atoms with E-state index in [2.05, 4.69) is 0 Å². The van der Waals surface area contributed by atoms with E-state index >= 15 is 0 Å². The van der Waals surface area contributed by atoms with Gasteiger partial charge in [0.25, 0.3) is 0 Å². The molecule has 0 saturated carbocycles. The number of rotatable bonds is 1. The van der Waals surface area contributed by atoms with Crippen molar-refractivity contribution in [3.63, 3.8) is 0 Å². The zero-order chi connectivity index (χ0) is 9.10. The summed E-state index contributed by atoms with van der Waals surface area (Å²) in [5, 5.41) is 0. The second-order valence-electron chi connectivity index (χ2n) is 2.85. The highest BCUT2D eigenvalue weighted by Gasteiger charge is 2.01. The molecule has 2 aromatic rings. The second kappa shape index (κ2) is 4.95. The van der Waals surface area contributed by atoms with Crippen LogP contribution in [0.3, 0.4) is 0 Å². The van der Waals surface area contributed by atoms with Crippen LogP contribution < -0.4 is 0 Å². The predicted molar refractivity (Wildman–Crippen MR) is 61.8 cm³/mol. The van der Waals surface area contributed by atoms with Crippen molar-refractivity contribution in [2.75, 3.05) is 0 Å². The van der Waals surface area contributed by atoms with Crippen LogP contribution in [-0.2, 0) is 0 Å². The van der Waals surface area contributed by atoms with Gasteiger partial charge < -0.3 is 0 Å². The van der Waals surface area contributed by atoms with E-state index in [1.165, 1.54) is 6.07 Å². The summed E-state index contributed by atoms with van der Waals surface area (Å²) in [6.45, 7) is 0. The van der Waals surface area contributed by atoms with Gasteiger partial charge in [0.05, 0.1) is 0 Å². The predicted octanol–water partition coefficient (Wildman–Crippen LogP) is 2.31. The van der Waals surface area contributed by atoms with E-state index < -0.39 is 0 Å². The molecule has 0 aromatic heterocycles. The van der Waals surface area contributed by atoms with Crippen LogP contribution in [0.25, 0.3) is 11.1 Å². The lowest BCUT2D eigenvalue weighted by molar-refractivity contribution is 0.631. The minimum Gasteiger partial charge on any atom is -0.206 e. The van der Waals surface area contributed by atoms with E-state index in [4.69, 9.17) is 0 Å². The standard InChI is InChI=1S/C12H9F.Al.3H/c13-12-9-5-4-8-11(12)10-6-2-1-3-7-10;;;;/h1-9H;;;;. The highest BCUT2D eigenvalue weighted by atomic mass is 27.0. The molecule has 0 atom stereocenters. The van der Waals surface area contributed by atoms with Gasteiger partial charge in [-0.15, -0.1) is 0 Å². The first-order valence-electron chi connectivity index (χ1n) is 4.18. The van der Waals surface area contributed by atoms with Gasteiger partial charge in [-0.2, -0.15) is 0 Å². The molecule has 2 aromatic carbocycles. The van der Waals surface area contributed by atoms with Crippen LogP contribution >= 0.6 is 0 Å². The molecule has 0 fully saturated rings. The smallest absolute Gasteiger partial charge is 0.187 e. The molecule has 0 aliphatic carbocycles. The van der Waals surface area contributed by atoms with Gasteiger partial charge >= 0.3 is 0 Å². The number of benzene rings is 2. The lowest BCUT2D eigenvalue weighted by atomic mass is 10.1. The van der Waals surface area contributed by atoms with E-state index in [1.54, 1.807) is 12.1 Å². The molecule has 0 saturated heterocycles. The average Bonchev–Trinajstić information content (AvgIpc) is 2.20. The van der Waals surface area contributed by atoms with Gasteiger partial charge in [0.15, 0.2) is 17.4 Å². The lowest BCUT2D eigenvalue weighted by Gasteiger charge is -2.01. The molecule has 0 radical (unpaired) electrons. The molecule has 0 spiro atoms. The first-order valence-corrected chi connectivity index (χ1v) is 4.18. The van der Waals surface area contributed by atoms with Crippen molar-refractivity contribution < 1.29 is 4.39 Å². The fraction of sp³-hybridized carbons (Fsp3) is 0. The van der Waals surface area contributed by atoms with E-state index in [9.17, 15) is 4.39 Å². The number of hydrogen-bond acceptors (Lipinski definition) is 0. The van der Waals surface area contributed by atoms with Gasteiger partial charge in [-0.3, -0.25) is 0 Å². The summed E-state index contributed by atoms with van der Waals surface area (Å²) in [6, 6.07) is 16.3. The quantitative estimate of drug-likeness (QED) is 0.622. The number of halogens is 1. The third-order valence-corrected chi connectivity index (χ3v) is 1.96. The first-order chi connectivity index (χ1) is 6.38. The normalized spacial score (nSPS) is 9.21. The highest BCUT2D eigenvalue weighted by molar-refractivity contribution is 5.75. The Morgan fingerprint density at radius 2 is 1.29 bits per heavy atom. The second-order valence-corrected chi connectivity index (χ2v) is 2.85. The van der Waals surface area contributed by atoms with Crippen LogP contribution in [-0.4, -0.2) is 17.4 Å². The minimum absolute atomic E-state index is 0. The third-order valence-electron chi connectivity index (χ3n) is 1.96. The van der Waals surface area contributed by atoms with Crippen molar-refractivity contribution in [3.05, 3.63) is 60.4 Å². The van der Waals surface area contributed by atoms with Crippen LogP contribution in [0.15, 0.2) is 54.6 Å². The molecule has 70 valence electrons. The first kappa shape index (κ1) is 11.0. The molecular weight excluding hydrogens is 190 g/mol. The van der Waals surface area contributed by atoms with Crippen molar-refractivity contribution in [2.24, 2.45) is 0 Å². The topological polar surface area (TPSA) is 0 Å². The van der Waals surface area contributed by atoms with E-state index in [0.717, 1.165) is 5.56 Å². The number of hydrogen-bond donors (Lipinski definition) is 0. The van der Waals surface area contributed by atoms with E-state index in [-0.39, 0.29) is 23.2 Å². The highest BCUT2D eigenvalue weighted by Crippen LogP contribution is 2.21. The van der Waals surface area contributed by atoms with Gasteiger partial charge in [0.1, 0.15) is 5.82 Å². The molecule has 0 aliphatic heterocycles. The largest absolute Gasteiger partial charge is 0.206 e. The Morgan fingerprint density at radius 1 is 0.714 bits per heavy atom. The van der Waals surface area contributed by atoms with E-state index in [0.29, 0.717) is 5.56 Å². The Morgan fingerprint density at radius 3 is 1.93 bits per heavy atom. The Bertz CT molecular complexity index is 398. The summed E-state index contributed by atoms with van der Waals surface area (Å²) in [5.74, 6) is -0.172. The van der Waals surface area contributed by atoms with Crippen molar-refractivity contribution >= 4 is 17.4 Å². The molecule has 0 nitrogen and oxygen atoms in total. The Labute approximate surface area is 93.5 Å². The molecule has 0 bridgehead atoms. The SMILES string of the molecule is Fc1ccccc1-c1ccccc1.[AlH3]. The molecule has 0 amide bonds. The maximum absolute atomic E-state index is 13.3. The molecule has 0 aliphatic rings. The van der Waals surface area contributed by atoms with Crippen LogP contribution in [0.4, 0.5) is 4.39 Å². The summed E-state index contributed by atoms with van der Waals surface area (Å²) >= 11 is 0. The molecule has 0 N–H and O–H groups in total. The third kappa shape index (κ3) is 2.23. The molecule has 2 rings (SSSR count). The average molecular weight is 202 g/mol. The lowest BCUT2D eigenvalue weighted by Crippen LogP contribution is -1.81. The summed E-state index contributed by atoms with van der Waals surface area (Å²) < 4.78 is 13.3. The fourth-order valence-electron chi connectivity index (χ4n) is 1.31. The zero-order valence-corrected chi connectivity index (χ0v) is 7.07. The molecule has 0 heterocycles. The van der Waals surface area contributed by atoms with Crippen LogP contribution in [0, 0.1) is 5.82 Å². The maximum Gasteiger partial charge on any atom is 0.187 e. The van der Waals surface area contributed by atoms with Gasteiger partial charge in [-0.25, -0.2) is 4.39 Å². The summed E-state index contributed by atoms with van der Waals surface area (Å²) in [4.78, 5) is 0. The molecular formula is C12H12AlF. The van der Waals surface area contributed by atoms with Gasteiger partial charge in [0.2, 0.25) is 0 Å².